The predicted octanol–water partition coefficient (Wildman–Crippen LogP) is 2.84. The number of hydrogen-bond donors (Lipinski definition) is 1. The summed E-state index contributed by atoms with van der Waals surface area (Å²) in [6.07, 6.45) is 1.29. The minimum absolute atomic E-state index is 0.650. The molecule has 0 aromatic carbocycles. The first-order chi connectivity index (χ1) is 7.59. The first-order valence-electron chi connectivity index (χ1n) is 6.63. The molecule has 0 aliphatic carbocycles. The predicted molar refractivity (Wildman–Crippen MR) is 77.5 cm³/mol. The molecular formula is C13H30N2S. The van der Waals surface area contributed by atoms with E-state index in [1.54, 1.807) is 0 Å². The molecule has 0 aromatic rings. The van der Waals surface area contributed by atoms with E-state index in [1.165, 1.54) is 17.9 Å². The molecule has 3 heteroatoms. The number of hydrogen-bond acceptors (Lipinski definition) is 3. The maximum Gasteiger partial charge on any atom is 0.0112 e. The van der Waals surface area contributed by atoms with Gasteiger partial charge in [-0.05, 0) is 52.2 Å². The smallest absolute Gasteiger partial charge is 0.0112 e. The van der Waals surface area contributed by atoms with E-state index >= 15 is 0 Å². The van der Waals surface area contributed by atoms with Gasteiger partial charge in [-0.25, -0.2) is 0 Å². The quantitative estimate of drug-likeness (QED) is 0.597. The molecule has 0 rings (SSSR count). The van der Waals surface area contributed by atoms with Gasteiger partial charge in [-0.3, -0.25) is 4.90 Å². The first kappa shape index (κ1) is 16.3. The molecule has 0 spiro atoms. The maximum absolute atomic E-state index is 3.53. The zero-order valence-electron chi connectivity index (χ0n) is 11.8. The lowest BCUT2D eigenvalue weighted by Gasteiger charge is -2.30. The molecule has 0 heterocycles. The van der Waals surface area contributed by atoms with Crippen LogP contribution in [0.2, 0.25) is 0 Å². The second kappa shape index (κ2) is 10.4. The highest BCUT2D eigenvalue weighted by Crippen LogP contribution is 2.03. The van der Waals surface area contributed by atoms with E-state index in [9.17, 15) is 0 Å². The molecule has 0 aliphatic heterocycles. The van der Waals surface area contributed by atoms with E-state index in [-0.39, 0.29) is 0 Å². The van der Waals surface area contributed by atoms with Crippen molar-refractivity contribution in [2.75, 3.05) is 31.1 Å². The van der Waals surface area contributed by atoms with Gasteiger partial charge < -0.3 is 5.32 Å². The van der Waals surface area contributed by atoms with Crippen LogP contribution in [0, 0.1) is 0 Å². The van der Waals surface area contributed by atoms with Gasteiger partial charge in [0.2, 0.25) is 0 Å². The molecule has 0 saturated carbocycles. The van der Waals surface area contributed by atoms with Crippen LogP contribution in [0.25, 0.3) is 0 Å². The van der Waals surface area contributed by atoms with Crippen LogP contribution in [-0.4, -0.2) is 48.1 Å². The van der Waals surface area contributed by atoms with Crippen LogP contribution in [0.4, 0.5) is 0 Å². The molecule has 0 fully saturated rings. The summed E-state index contributed by atoms with van der Waals surface area (Å²) < 4.78 is 0. The molecule has 0 bridgehead atoms. The molecule has 0 unspecified atom stereocenters. The van der Waals surface area contributed by atoms with Crippen LogP contribution in [0.5, 0.6) is 0 Å². The summed E-state index contributed by atoms with van der Waals surface area (Å²) in [7, 11) is 0. The van der Waals surface area contributed by atoms with Crippen LogP contribution in [0.3, 0.4) is 0 Å². The number of thioether (sulfide) groups is 1. The van der Waals surface area contributed by atoms with Crippen molar-refractivity contribution < 1.29 is 0 Å². The molecule has 0 aliphatic rings. The third kappa shape index (κ3) is 8.43. The highest BCUT2D eigenvalue weighted by molar-refractivity contribution is 7.99. The third-order valence-corrected chi connectivity index (χ3v) is 3.71. The van der Waals surface area contributed by atoms with Crippen LogP contribution < -0.4 is 5.32 Å². The fraction of sp³-hybridized carbons (Fsp3) is 1.00. The number of rotatable bonds is 10. The molecule has 98 valence electrons. The summed E-state index contributed by atoms with van der Waals surface area (Å²) in [5, 5.41) is 3.53. The first-order valence-corrected chi connectivity index (χ1v) is 7.79. The van der Waals surface area contributed by atoms with Gasteiger partial charge in [0.1, 0.15) is 0 Å². The van der Waals surface area contributed by atoms with Crippen LogP contribution in [0.15, 0.2) is 0 Å². The summed E-state index contributed by atoms with van der Waals surface area (Å²) in [6.45, 7) is 14.8. The Balaban J connectivity index is 3.41. The molecule has 0 amide bonds. The van der Waals surface area contributed by atoms with E-state index in [1.807, 2.05) is 11.8 Å². The van der Waals surface area contributed by atoms with Crippen molar-refractivity contribution >= 4 is 11.8 Å². The highest BCUT2D eigenvalue weighted by Gasteiger charge is 2.11. The average Bonchev–Trinajstić information content (AvgIpc) is 2.21. The lowest BCUT2D eigenvalue weighted by Crippen LogP contribution is -2.41. The normalized spacial score (nSPS) is 12.0. The fourth-order valence-corrected chi connectivity index (χ4v) is 2.53. The van der Waals surface area contributed by atoms with E-state index < -0.39 is 0 Å². The Hall–Kier alpha value is 0.270. The highest BCUT2D eigenvalue weighted by atomic mass is 32.2. The maximum atomic E-state index is 3.53. The molecular weight excluding hydrogens is 216 g/mol. The molecule has 1 N–H and O–H groups in total. The minimum atomic E-state index is 0.650. The van der Waals surface area contributed by atoms with E-state index in [2.05, 4.69) is 44.8 Å². The van der Waals surface area contributed by atoms with E-state index in [4.69, 9.17) is 0 Å². The van der Waals surface area contributed by atoms with Gasteiger partial charge in [0, 0.05) is 25.2 Å². The van der Waals surface area contributed by atoms with Crippen LogP contribution in [-0.2, 0) is 0 Å². The summed E-state index contributed by atoms with van der Waals surface area (Å²) in [5.74, 6) is 2.54. The minimum Gasteiger partial charge on any atom is -0.315 e. The summed E-state index contributed by atoms with van der Waals surface area (Å²) in [4.78, 5) is 2.54. The molecule has 0 aromatic heterocycles. The molecule has 0 saturated heterocycles. The third-order valence-electron chi connectivity index (χ3n) is 2.72. The molecule has 0 atom stereocenters. The molecule has 0 radical (unpaired) electrons. The molecule has 2 nitrogen and oxygen atoms in total. The van der Waals surface area contributed by atoms with Crippen molar-refractivity contribution in [2.24, 2.45) is 0 Å². The van der Waals surface area contributed by atoms with Gasteiger partial charge in [-0.2, -0.15) is 11.8 Å². The second-order valence-electron chi connectivity index (χ2n) is 4.73. The Morgan fingerprint density at radius 2 is 1.69 bits per heavy atom. The number of nitrogens with zero attached hydrogens (tertiary/aromatic N) is 1. The van der Waals surface area contributed by atoms with Gasteiger partial charge in [-0.1, -0.05) is 6.92 Å². The zero-order valence-corrected chi connectivity index (χ0v) is 12.6. The van der Waals surface area contributed by atoms with Crippen molar-refractivity contribution in [1.29, 1.82) is 0 Å². The van der Waals surface area contributed by atoms with Crippen molar-refractivity contribution in [3.05, 3.63) is 0 Å². The van der Waals surface area contributed by atoms with Crippen molar-refractivity contribution in [3.63, 3.8) is 0 Å². The summed E-state index contributed by atoms with van der Waals surface area (Å²) in [5.41, 5.74) is 0. The van der Waals surface area contributed by atoms with E-state index in [0.717, 1.165) is 19.6 Å². The Labute approximate surface area is 107 Å². The topological polar surface area (TPSA) is 15.3 Å². The summed E-state index contributed by atoms with van der Waals surface area (Å²) >= 11 is 2.03. The van der Waals surface area contributed by atoms with Gasteiger partial charge in [0.15, 0.2) is 0 Å². The second-order valence-corrected chi connectivity index (χ2v) is 6.12. The van der Waals surface area contributed by atoms with Crippen molar-refractivity contribution in [1.82, 2.24) is 10.2 Å². The Morgan fingerprint density at radius 3 is 2.19 bits per heavy atom. The van der Waals surface area contributed by atoms with Crippen LogP contribution in [0.1, 0.15) is 41.0 Å². The standard InChI is InChI=1S/C13H30N2S/c1-6-16-11-7-8-14-9-10-15(12(2)3)13(4)5/h12-14H,6-11H2,1-5H3. The molecule has 16 heavy (non-hydrogen) atoms. The number of nitrogens with one attached hydrogen (secondary N) is 1. The zero-order chi connectivity index (χ0) is 12.4. The SMILES string of the molecule is CCSCCCNCCN(C(C)C)C(C)C. The van der Waals surface area contributed by atoms with Gasteiger partial charge >= 0.3 is 0 Å². The lowest BCUT2D eigenvalue weighted by molar-refractivity contribution is 0.176. The monoisotopic (exact) mass is 246 g/mol. The van der Waals surface area contributed by atoms with Gasteiger partial charge in [0.25, 0.3) is 0 Å². The summed E-state index contributed by atoms with van der Waals surface area (Å²) in [6, 6.07) is 1.30. The van der Waals surface area contributed by atoms with E-state index in [0.29, 0.717) is 12.1 Å². The Bertz CT molecular complexity index is 141. The average molecular weight is 246 g/mol. The Morgan fingerprint density at radius 1 is 1.06 bits per heavy atom. The lowest BCUT2D eigenvalue weighted by atomic mass is 10.2. The van der Waals surface area contributed by atoms with Gasteiger partial charge in [-0.15, -0.1) is 0 Å². The largest absolute Gasteiger partial charge is 0.315 e. The fourth-order valence-electron chi connectivity index (χ4n) is 1.89. The van der Waals surface area contributed by atoms with Crippen LogP contribution >= 0.6 is 11.8 Å². The Kier molecular flexibility index (Phi) is 10.6. The van der Waals surface area contributed by atoms with Crippen molar-refractivity contribution in [3.8, 4) is 0 Å². The van der Waals surface area contributed by atoms with Crippen molar-refractivity contribution in [2.45, 2.75) is 53.1 Å². The van der Waals surface area contributed by atoms with Gasteiger partial charge in [0.05, 0.1) is 0 Å².